The maximum atomic E-state index is 12.3. The third-order valence-corrected chi connectivity index (χ3v) is 4.99. The molecule has 0 aliphatic rings. The Hall–Kier alpha value is -2.18. The molecule has 5 nitrogen and oxygen atoms in total. The van der Waals surface area contributed by atoms with Gasteiger partial charge < -0.3 is 11.1 Å². The lowest BCUT2D eigenvalue weighted by molar-refractivity contribution is -0.121. The van der Waals surface area contributed by atoms with Crippen molar-refractivity contribution in [1.29, 1.82) is 0 Å². The quantitative estimate of drug-likeness (QED) is 0.793. The monoisotopic (exact) mass is 360 g/mol. The van der Waals surface area contributed by atoms with Crippen LogP contribution in [0.4, 0.5) is 0 Å². The highest BCUT2D eigenvalue weighted by Crippen LogP contribution is 2.24. The fourth-order valence-corrected chi connectivity index (χ4v) is 3.20. The maximum absolute atomic E-state index is 12.3. The zero-order valence-corrected chi connectivity index (χ0v) is 15.3. The van der Waals surface area contributed by atoms with Crippen molar-refractivity contribution in [2.75, 3.05) is 6.26 Å². The van der Waals surface area contributed by atoms with E-state index < -0.39 is 15.9 Å². The van der Waals surface area contributed by atoms with E-state index in [1.165, 1.54) is 6.26 Å². The van der Waals surface area contributed by atoms with E-state index in [2.05, 4.69) is 5.32 Å². The van der Waals surface area contributed by atoms with Crippen molar-refractivity contribution in [2.45, 2.75) is 36.7 Å². The van der Waals surface area contributed by atoms with Gasteiger partial charge in [-0.3, -0.25) is 4.79 Å². The van der Waals surface area contributed by atoms with Gasteiger partial charge in [-0.2, -0.15) is 0 Å². The summed E-state index contributed by atoms with van der Waals surface area (Å²) in [6.45, 7) is 1.86. The molecule has 0 heterocycles. The van der Waals surface area contributed by atoms with E-state index in [4.69, 9.17) is 5.73 Å². The van der Waals surface area contributed by atoms with Gasteiger partial charge >= 0.3 is 0 Å². The van der Waals surface area contributed by atoms with Crippen LogP contribution in [-0.4, -0.2) is 26.6 Å². The molecule has 2 aromatic rings. The van der Waals surface area contributed by atoms with Crippen LogP contribution in [0.25, 0.3) is 0 Å². The highest BCUT2D eigenvalue weighted by molar-refractivity contribution is 7.90. The lowest BCUT2D eigenvalue weighted by atomic mass is 9.98. The number of hydrogen-bond acceptors (Lipinski definition) is 4. The molecule has 3 N–H and O–H groups in total. The van der Waals surface area contributed by atoms with Crippen molar-refractivity contribution in [3.05, 3.63) is 65.7 Å². The molecular weight excluding hydrogens is 336 g/mol. The molecule has 0 spiro atoms. The second-order valence-corrected chi connectivity index (χ2v) is 8.29. The van der Waals surface area contributed by atoms with Crippen LogP contribution in [0, 0.1) is 0 Å². The summed E-state index contributed by atoms with van der Waals surface area (Å²) < 4.78 is 23.7. The summed E-state index contributed by atoms with van der Waals surface area (Å²) in [5.41, 5.74) is 7.33. The highest BCUT2D eigenvalue weighted by Gasteiger charge is 2.19. The zero-order valence-electron chi connectivity index (χ0n) is 14.5. The van der Waals surface area contributed by atoms with Gasteiger partial charge in [-0.25, -0.2) is 8.42 Å². The van der Waals surface area contributed by atoms with Gasteiger partial charge in [-0.15, -0.1) is 0 Å². The number of sulfone groups is 1. The molecule has 2 atom stereocenters. The first kappa shape index (κ1) is 19.1. The fourth-order valence-electron chi connectivity index (χ4n) is 2.52. The first-order valence-corrected chi connectivity index (χ1v) is 10.1. The van der Waals surface area contributed by atoms with Gasteiger partial charge in [0, 0.05) is 18.7 Å². The SMILES string of the molecule is CC(N)CCC(=O)NC(c1ccccc1)c1cccc(S(C)(=O)=O)c1. The largest absolute Gasteiger partial charge is 0.345 e. The summed E-state index contributed by atoms with van der Waals surface area (Å²) in [5, 5.41) is 2.99. The van der Waals surface area contributed by atoms with Crippen LogP contribution in [-0.2, 0) is 14.6 Å². The predicted molar refractivity (Wildman–Crippen MR) is 98.9 cm³/mol. The minimum absolute atomic E-state index is 0.0468. The van der Waals surface area contributed by atoms with E-state index in [1.54, 1.807) is 18.2 Å². The minimum Gasteiger partial charge on any atom is -0.345 e. The van der Waals surface area contributed by atoms with Crippen molar-refractivity contribution in [2.24, 2.45) is 5.73 Å². The molecule has 0 radical (unpaired) electrons. The van der Waals surface area contributed by atoms with Crippen LogP contribution in [0.1, 0.15) is 36.9 Å². The van der Waals surface area contributed by atoms with Gasteiger partial charge in [-0.05, 0) is 36.6 Å². The molecule has 0 saturated heterocycles. The average Bonchev–Trinajstić information content (AvgIpc) is 2.58. The number of rotatable bonds is 7. The average molecular weight is 360 g/mol. The highest BCUT2D eigenvalue weighted by atomic mass is 32.2. The van der Waals surface area contributed by atoms with E-state index >= 15 is 0 Å². The van der Waals surface area contributed by atoms with Gasteiger partial charge in [0.05, 0.1) is 10.9 Å². The third kappa shape index (κ3) is 5.69. The number of carbonyl (C=O) groups excluding carboxylic acids is 1. The number of carbonyl (C=O) groups is 1. The molecule has 0 saturated carbocycles. The second-order valence-electron chi connectivity index (χ2n) is 6.27. The molecule has 2 aromatic carbocycles. The molecular formula is C19H24N2O3S. The molecule has 0 aliphatic heterocycles. The van der Waals surface area contributed by atoms with Crippen molar-refractivity contribution in [3.8, 4) is 0 Å². The van der Waals surface area contributed by atoms with Gasteiger partial charge in [-0.1, -0.05) is 42.5 Å². The normalized spacial score (nSPS) is 13.9. The van der Waals surface area contributed by atoms with E-state index in [1.807, 2.05) is 43.3 Å². The summed E-state index contributed by atoms with van der Waals surface area (Å²) in [6.07, 6.45) is 2.09. The number of hydrogen-bond donors (Lipinski definition) is 2. The Morgan fingerprint density at radius 3 is 2.32 bits per heavy atom. The molecule has 1 amide bonds. The standard InChI is InChI=1S/C19H24N2O3S/c1-14(20)11-12-18(22)21-19(15-7-4-3-5-8-15)16-9-6-10-17(13-16)25(2,23)24/h3-10,13-14,19H,11-12,20H2,1-2H3,(H,21,22). The Bertz CT molecular complexity index is 818. The molecule has 134 valence electrons. The Morgan fingerprint density at radius 1 is 1.08 bits per heavy atom. The van der Waals surface area contributed by atoms with Gasteiger partial charge in [0.2, 0.25) is 5.91 Å². The molecule has 6 heteroatoms. The number of amides is 1. The van der Waals surface area contributed by atoms with Crippen molar-refractivity contribution < 1.29 is 13.2 Å². The smallest absolute Gasteiger partial charge is 0.220 e. The summed E-state index contributed by atoms with van der Waals surface area (Å²) >= 11 is 0. The van der Waals surface area contributed by atoms with Crippen LogP contribution in [0.3, 0.4) is 0 Å². The molecule has 25 heavy (non-hydrogen) atoms. The summed E-state index contributed by atoms with van der Waals surface area (Å²) in [6, 6.07) is 15.7. The van der Waals surface area contributed by atoms with Gasteiger partial charge in [0.15, 0.2) is 9.84 Å². The maximum Gasteiger partial charge on any atom is 0.220 e. The molecule has 0 aliphatic carbocycles. The summed E-state index contributed by atoms with van der Waals surface area (Å²) in [7, 11) is -3.32. The third-order valence-electron chi connectivity index (χ3n) is 3.88. The first-order chi connectivity index (χ1) is 11.8. The lowest BCUT2D eigenvalue weighted by Gasteiger charge is -2.21. The topological polar surface area (TPSA) is 89.3 Å². The predicted octanol–water partition coefficient (Wildman–Crippen LogP) is 2.42. The second kappa shape index (κ2) is 8.27. The Kier molecular flexibility index (Phi) is 6.33. The van der Waals surface area contributed by atoms with Crippen molar-refractivity contribution >= 4 is 15.7 Å². The molecule has 2 rings (SSSR count). The number of benzene rings is 2. The van der Waals surface area contributed by atoms with Crippen LogP contribution in [0.2, 0.25) is 0 Å². The number of nitrogens with two attached hydrogens (primary N) is 1. The van der Waals surface area contributed by atoms with E-state index in [0.717, 1.165) is 11.1 Å². The Labute approximate surface area is 149 Å². The molecule has 0 bridgehead atoms. The van der Waals surface area contributed by atoms with Crippen molar-refractivity contribution in [3.63, 3.8) is 0 Å². The zero-order chi connectivity index (χ0) is 18.4. The van der Waals surface area contributed by atoms with E-state index in [9.17, 15) is 13.2 Å². The lowest BCUT2D eigenvalue weighted by Crippen LogP contribution is -2.30. The Morgan fingerprint density at radius 2 is 1.72 bits per heavy atom. The molecule has 0 aromatic heterocycles. The Balaban J connectivity index is 2.34. The minimum atomic E-state index is -3.32. The van der Waals surface area contributed by atoms with Crippen LogP contribution in [0.15, 0.2) is 59.5 Å². The van der Waals surface area contributed by atoms with Crippen LogP contribution in [0.5, 0.6) is 0 Å². The summed E-state index contributed by atoms with van der Waals surface area (Å²) in [5.74, 6) is -0.115. The van der Waals surface area contributed by atoms with Crippen LogP contribution >= 0.6 is 0 Å². The number of nitrogens with one attached hydrogen (secondary N) is 1. The van der Waals surface area contributed by atoms with Gasteiger partial charge in [0.1, 0.15) is 0 Å². The van der Waals surface area contributed by atoms with E-state index in [-0.39, 0.29) is 16.8 Å². The molecule has 0 fully saturated rings. The fraction of sp³-hybridized carbons (Fsp3) is 0.316. The first-order valence-electron chi connectivity index (χ1n) is 8.17. The van der Waals surface area contributed by atoms with Crippen LogP contribution < -0.4 is 11.1 Å². The van der Waals surface area contributed by atoms with Gasteiger partial charge in [0.25, 0.3) is 0 Å². The molecule has 2 unspecified atom stereocenters. The van der Waals surface area contributed by atoms with Crippen molar-refractivity contribution in [1.82, 2.24) is 5.32 Å². The van der Waals surface area contributed by atoms with E-state index in [0.29, 0.717) is 12.8 Å². The summed E-state index contributed by atoms with van der Waals surface area (Å²) in [4.78, 5) is 12.5.